The predicted octanol–water partition coefficient (Wildman–Crippen LogP) is 4.43. The molecule has 29 heavy (non-hydrogen) atoms. The van der Waals surface area contributed by atoms with Crippen LogP contribution in [0.15, 0.2) is 42.5 Å². The third kappa shape index (κ3) is 6.60. The molecule has 5 nitrogen and oxygen atoms in total. The van der Waals surface area contributed by atoms with Crippen LogP contribution < -0.4 is 9.62 Å². The van der Waals surface area contributed by atoms with Crippen LogP contribution in [0.3, 0.4) is 0 Å². The summed E-state index contributed by atoms with van der Waals surface area (Å²) in [5, 5.41) is 3.09. The van der Waals surface area contributed by atoms with E-state index in [0.29, 0.717) is 12.1 Å². The average Bonchev–Trinajstić information content (AvgIpc) is 2.62. The van der Waals surface area contributed by atoms with Gasteiger partial charge in [0.25, 0.3) is 0 Å². The summed E-state index contributed by atoms with van der Waals surface area (Å²) in [5.74, 6) is -0.0611. The van der Waals surface area contributed by atoms with Gasteiger partial charge in [-0.1, -0.05) is 37.3 Å². The summed E-state index contributed by atoms with van der Waals surface area (Å²) < 4.78 is 26.0. The molecule has 0 aromatic heterocycles. The van der Waals surface area contributed by atoms with Crippen LogP contribution in [0.2, 0.25) is 0 Å². The molecule has 0 heterocycles. The zero-order valence-electron chi connectivity index (χ0n) is 18.0. The first-order chi connectivity index (χ1) is 13.6. The minimum atomic E-state index is -3.42. The van der Waals surface area contributed by atoms with Gasteiger partial charge in [0, 0.05) is 13.0 Å². The molecule has 0 radical (unpaired) electrons. The second-order valence-corrected chi connectivity index (χ2v) is 9.58. The van der Waals surface area contributed by atoms with E-state index in [0.717, 1.165) is 28.7 Å². The van der Waals surface area contributed by atoms with Gasteiger partial charge >= 0.3 is 0 Å². The van der Waals surface area contributed by atoms with Gasteiger partial charge in [-0.05, 0) is 68.0 Å². The normalized spacial score (nSPS) is 12.4. The van der Waals surface area contributed by atoms with E-state index in [1.165, 1.54) is 10.6 Å². The number of sulfonamides is 1. The number of nitrogens with one attached hydrogen (secondary N) is 1. The van der Waals surface area contributed by atoms with Crippen molar-refractivity contribution in [3.8, 4) is 0 Å². The maximum Gasteiger partial charge on any atom is 0.232 e. The van der Waals surface area contributed by atoms with E-state index in [4.69, 9.17) is 0 Å². The highest BCUT2D eigenvalue weighted by molar-refractivity contribution is 7.92. The molecule has 2 aromatic rings. The molecular weight excluding hydrogens is 384 g/mol. The Morgan fingerprint density at radius 1 is 1.07 bits per heavy atom. The summed E-state index contributed by atoms with van der Waals surface area (Å²) in [4.78, 5) is 12.5. The number of anilines is 1. The van der Waals surface area contributed by atoms with Gasteiger partial charge in [-0.15, -0.1) is 0 Å². The number of rotatable bonds is 9. The molecule has 2 aromatic carbocycles. The molecule has 1 N–H and O–H groups in total. The first-order valence-corrected chi connectivity index (χ1v) is 11.9. The first kappa shape index (κ1) is 22.9. The van der Waals surface area contributed by atoms with Crippen molar-refractivity contribution >= 4 is 21.6 Å². The van der Waals surface area contributed by atoms with E-state index < -0.39 is 10.0 Å². The van der Waals surface area contributed by atoms with Crippen LogP contribution in [-0.4, -0.2) is 27.1 Å². The maximum atomic E-state index is 12.5. The summed E-state index contributed by atoms with van der Waals surface area (Å²) in [6, 6.07) is 13.7. The van der Waals surface area contributed by atoms with Crippen LogP contribution >= 0.6 is 0 Å². The second-order valence-electron chi connectivity index (χ2n) is 7.67. The van der Waals surface area contributed by atoms with E-state index >= 15 is 0 Å². The lowest BCUT2D eigenvalue weighted by molar-refractivity contribution is -0.121. The molecular formula is C23H32N2O3S. The molecule has 0 fully saturated rings. The standard InChI is InChI=1S/C23H32N2O3S/c1-6-22(21-11-8-7-10-19(21)4)24-23(26)12-9-13-25(29(5,27)28)20-15-17(2)14-18(3)16-20/h7-8,10-11,14-16,22H,6,9,12-13H2,1-5H3,(H,24,26)/t22-/m0/s1. The fourth-order valence-electron chi connectivity index (χ4n) is 3.61. The first-order valence-electron chi connectivity index (χ1n) is 10.0. The summed E-state index contributed by atoms with van der Waals surface area (Å²) in [6.45, 7) is 8.25. The summed E-state index contributed by atoms with van der Waals surface area (Å²) in [7, 11) is -3.42. The molecule has 0 aliphatic carbocycles. The molecule has 158 valence electrons. The number of benzene rings is 2. The molecule has 0 saturated heterocycles. The third-order valence-corrected chi connectivity index (χ3v) is 6.16. The van der Waals surface area contributed by atoms with Crippen LogP contribution in [0.4, 0.5) is 5.69 Å². The van der Waals surface area contributed by atoms with E-state index in [-0.39, 0.29) is 24.9 Å². The van der Waals surface area contributed by atoms with E-state index in [1.807, 2.05) is 70.2 Å². The summed E-state index contributed by atoms with van der Waals surface area (Å²) >= 11 is 0. The molecule has 0 aliphatic heterocycles. The van der Waals surface area contributed by atoms with Gasteiger partial charge in [0.2, 0.25) is 15.9 Å². The van der Waals surface area contributed by atoms with E-state index in [9.17, 15) is 13.2 Å². The number of aryl methyl sites for hydroxylation is 3. The molecule has 1 amide bonds. The maximum absolute atomic E-state index is 12.5. The smallest absolute Gasteiger partial charge is 0.232 e. The number of amides is 1. The highest BCUT2D eigenvalue weighted by Crippen LogP contribution is 2.23. The van der Waals surface area contributed by atoms with Crippen molar-refractivity contribution in [1.29, 1.82) is 0 Å². The fraction of sp³-hybridized carbons (Fsp3) is 0.435. The molecule has 0 aliphatic rings. The largest absolute Gasteiger partial charge is 0.349 e. The fourth-order valence-corrected chi connectivity index (χ4v) is 4.56. The van der Waals surface area contributed by atoms with Crippen LogP contribution in [0, 0.1) is 20.8 Å². The van der Waals surface area contributed by atoms with Gasteiger partial charge < -0.3 is 5.32 Å². The number of carbonyl (C=O) groups excluding carboxylic acids is 1. The monoisotopic (exact) mass is 416 g/mol. The molecule has 2 rings (SSSR count). The Morgan fingerprint density at radius 3 is 2.24 bits per heavy atom. The Kier molecular flexibility index (Phi) is 7.85. The molecule has 0 bridgehead atoms. The number of carbonyl (C=O) groups is 1. The molecule has 0 unspecified atom stereocenters. The Hall–Kier alpha value is -2.34. The quantitative estimate of drug-likeness (QED) is 0.658. The highest BCUT2D eigenvalue weighted by Gasteiger charge is 2.19. The predicted molar refractivity (Wildman–Crippen MR) is 120 cm³/mol. The lowest BCUT2D eigenvalue weighted by Gasteiger charge is -2.24. The molecule has 6 heteroatoms. The molecule has 0 spiro atoms. The number of nitrogens with zero attached hydrogens (tertiary/aromatic N) is 1. The zero-order chi connectivity index (χ0) is 21.6. The third-order valence-electron chi connectivity index (χ3n) is 4.97. The zero-order valence-corrected chi connectivity index (χ0v) is 18.8. The van der Waals surface area contributed by atoms with Crippen LogP contribution in [0.25, 0.3) is 0 Å². The minimum absolute atomic E-state index is 0.0332. The van der Waals surface area contributed by atoms with Crippen molar-refractivity contribution in [1.82, 2.24) is 5.32 Å². The van der Waals surface area contributed by atoms with Crippen molar-refractivity contribution in [2.75, 3.05) is 17.1 Å². The Bertz CT molecular complexity index is 934. The molecule has 1 atom stereocenters. The lowest BCUT2D eigenvalue weighted by atomic mass is 9.99. The van der Waals surface area contributed by atoms with Crippen molar-refractivity contribution in [3.63, 3.8) is 0 Å². The highest BCUT2D eigenvalue weighted by atomic mass is 32.2. The van der Waals surface area contributed by atoms with Crippen LogP contribution in [-0.2, 0) is 14.8 Å². The number of hydrogen-bond donors (Lipinski definition) is 1. The lowest BCUT2D eigenvalue weighted by Crippen LogP contribution is -2.33. The van der Waals surface area contributed by atoms with Crippen molar-refractivity contribution in [3.05, 3.63) is 64.7 Å². The Morgan fingerprint density at radius 2 is 1.69 bits per heavy atom. The second kappa shape index (κ2) is 9.92. The average molecular weight is 417 g/mol. The summed E-state index contributed by atoms with van der Waals surface area (Å²) in [5.41, 5.74) is 4.94. The topological polar surface area (TPSA) is 66.5 Å². The van der Waals surface area contributed by atoms with Gasteiger partial charge in [-0.25, -0.2) is 8.42 Å². The number of hydrogen-bond acceptors (Lipinski definition) is 3. The van der Waals surface area contributed by atoms with Crippen LogP contribution in [0.5, 0.6) is 0 Å². The van der Waals surface area contributed by atoms with Gasteiger partial charge in [0.15, 0.2) is 0 Å². The summed E-state index contributed by atoms with van der Waals surface area (Å²) in [6.07, 6.45) is 2.74. The van der Waals surface area contributed by atoms with Crippen molar-refractivity contribution < 1.29 is 13.2 Å². The van der Waals surface area contributed by atoms with E-state index in [2.05, 4.69) is 5.32 Å². The Balaban J connectivity index is 2.02. The van der Waals surface area contributed by atoms with Gasteiger partial charge in [0.1, 0.15) is 0 Å². The van der Waals surface area contributed by atoms with Crippen molar-refractivity contribution in [2.45, 2.75) is 53.0 Å². The Labute approximate surface area is 175 Å². The van der Waals surface area contributed by atoms with Crippen LogP contribution in [0.1, 0.15) is 54.5 Å². The van der Waals surface area contributed by atoms with Gasteiger partial charge in [-0.3, -0.25) is 9.10 Å². The van der Waals surface area contributed by atoms with E-state index in [1.54, 1.807) is 0 Å². The van der Waals surface area contributed by atoms with Gasteiger partial charge in [-0.2, -0.15) is 0 Å². The SMILES string of the molecule is CC[C@H](NC(=O)CCCN(c1cc(C)cc(C)c1)S(C)(=O)=O)c1ccccc1C. The minimum Gasteiger partial charge on any atom is -0.349 e. The van der Waals surface area contributed by atoms with Gasteiger partial charge in [0.05, 0.1) is 18.0 Å². The molecule has 0 saturated carbocycles. The van der Waals surface area contributed by atoms with Crippen molar-refractivity contribution in [2.24, 2.45) is 0 Å².